The molecule has 0 spiro atoms. The number of anilines is 1. The van der Waals surface area contributed by atoms with Gasteiger partial charge < -0.3 is 15.1 Å². The monoisotopic (exact) mass is 252 g/mol. The second kappa shape index (κ2) is 6.35. The number of carboxylic acid groups (broad SMARTS) is 1. The number of aliphatic hydroxyl groups excluding tert-OH is 1. The predicted molar refractivity (Wildman–Crippen MR) is 70.1 cm³/mol. The van der Waals surface area contributed by atoms with Crippen molar-refractivity contribution in [1.29, 1.82) is 0 Å². The van der Waals surface area contributed by atoms with Crippen LogP contribution < -0.4 is 4.90 Å². The molecule has 0 radical (unpaired) electrons. The number of carbonyl (C=O) groups is 1. The number of pyridine rings is 1. The third kappa shape index (κ3) is 3.43. The molecule has 1 rings (SSSR count). The fourth-order valence-electron chi connectivity index (χ4n) is 1.61. The molecule has 2 N–H and O–H groups in total. The smallest absolute Gasteiger partial charge is 0.335 e. The molecule has 5 nitrogen and oxygen atoms in total. The first-order valence-corrected chi connectivity index (χ1v) is 6.07. The lowest BCUT2D eigenvalue weighted by Crippen LogP contribution is -2.32. The Kier molecular flexibility index (Phi) is 5.09. The first-order valence-electron chi connectivity index (χ1n) is 6.07. The first-order chi connectivity index (χ1) is 8.49. The number of hydrogen-bond acceptors (Lipinski definition) is 4. The molecule has 1 aromatic rings. The Bertz CT molecular complexity index is 421. The van der Waals surface area contributed by atoms with Gasteiger partial charge in [0.05, 0.1) is 18.2 Å². The van der Waals surface area contributed by atoms with Crippen LogP contribution in [0.2, 0.25) is 0 Å². The van der Waals surface area contributed by atoms with Crippen molar-refractivity contribution >= 4 is 11.8 Å². The summed E-state index contributed by atoms with van der Waals surface area (Å²) in [6.07, 6.45) is 1.66. The molecule has 1 unspecified atom stereocenters. The van der Waals surface area contributed by atoms with Crippen LogP contribution in [0.1, 0.15) is 36.3 Å². The van der Waals surface area contributed by atoms with E-state index in [1.165, 1.54) is 6.07 Å². The lowest BCUT2D eigenvalue weighted by atomic mass is 10.1. The van der Waals surface area contributed by atoms with Crippen molar-refractivity contribution in [2.45, 2.75) is 32.7 Å². The summed E-state index contributed by atoms with van der Waals surface area (Å²) in [7, 11) is 1.80. The molecule has 0 aliphatic rings. The standard InChI is InChI=1S/C13H20N2O3/c1-4-5-11-6-10(13(17)18)7-12(14-11)15(3)9(2)8-16/h6-7,9,16H,4-5,8H2,1-3H3,(H,17,18). The molecule has 0 aliphatic carbocycles. The van der Waals surface area contributed by atoms with Gasteiger partial charge in [0.25, 0.3) is 0 Å². The van der Waals surface area contributed by atoms with Gasteiger partial charge in [0.15, 0.2) is 0 Å². The van der Waals surface area contributed by atoms with Gasteiger partial charge in [-0.25, -0.2) is 9.78 Å². The normalized spacial score (nSPS) is 12.2. The summed E-state index contributed by atoms with van der Waals surface area (Å²) in [5, 5.41) is 18.2. The van der Waals surface area contributed by atoms with Crippen molar-refractivity contribution in [3.8, 4) is 0 Å². The summed E-state index contributed by atoms with van der Waals surface area (Å²) >= 11 is 0. The zero-order chi connectivity index (χ0) is 13.7. The highest BCUT2D eigenvalue weighted by Crippen LogP contribution is 2.17. The molecule has 18 heavy (non-hydrogen) atoms. The Labute approximate surface area is 107 Å². The van der Waals surface area contributed by atoms with Crippen molar-refractivity contribution in [2.24, 2.45) is 0 Å². The molecule has 0 aliphatic heterocycles. The van der Waals surface area contributed by atoms with Crippen molar-refractivity contribution in [3.63, 3.8) is 0 Å². The van der Waals surface area contributed by atoms with Gasteiger partial charge in [0.2, 0.25) is 0 Å². The zero-order valence-corrected chi connectivity index (χ0v) is 11.1. The van der Waals surface area contributed by atoms with E-state index in [4.69, 9.17) is 10.2 Å². The SMILES string of the molecule is CCCc1cc(C(=O)O)cc(N(C)C(C)CO)n1. The first kappa shape index (κ1) is 14.4. The molecule has 0 fully saturated rings. The summed E-state index contributed by atoms with van der Waals surface area (Å²) in [4.78, 5) is 17.3. The number of rotatable bonds is 6. The quantitative estimate of drug-likeness (QED) is 0.803. The minimum Gasteiger partial charge on any atom is -0.478 e. The molecular weight excluding hydrogens is 232 g/mol. The van der Waals surface area contributed by atoms with Crippen molar-refractivity contribution in [3.05, 3.63) is 23.4 Å². The van der Waals surface area contributed by atoms with Crippen molar-refractivity contribution < 1.29 is 15.0 Å². The third-order valence-corrected chi connectivity index (χ3v) is 2.90. The number of hydrogen-bond donors (Lipinski definition) is 2. The molecule has 1 atom stereocenters. The average molecular weight is 252 g/mol. The molecule has 1 aromatic heterocycles. The van der Waals surface area contributed by atoms with Crippen LogP contribution in [0.5, 0.6) is 0 Å². The minimum absolute atomic E-state index is 0.00140. The van der Waals surface area contributed by atoms with Crippen LogP contribution in [0.4, 0.5) is 5.82 Å². The van der Waals surface area contributed by atoms with Crippen molar-refractivity contribution in [1.82, 2.24) is 4.98 Å². The van der Waals surface area contributed by atoms with Gasteiger partial charge in [0, 0.05) is 12.7 Å². The van der Waals surface area contributed by atoms with Crippen LogP contribution >= 0.6 is 0 Å². The van der Waals surface area contributed by atoms with Crippen molar-refractivity contribution in [2.75, 3.05) is 18.6 Å². The van der Waals surface area contributed by atoms with Gasteiger partial charge in [-0.3, -0.25) is 0 Å². The maximum atomic E-state index is 11.1. The number of aromatic carboxylic acids is 1. The maximum absolute atomic E-state index is 11.1. The number of carboxylic acids is 1. The largest absolute Gasteiger partial charge is 0.478 e. The topological polar surface area (TPSA) is 73.7 Å². The van der Waals surface area contributed by atoms with Crippen LogP contribution in [0.25, 0.3) is 0 Å². The van der Waals surface area contributed by atoms with E-state index >= 15 is 0 Å². The third-order valence-electron chi connectivity index (χ3n) is 2.90. The van der Waals surface area contributed by atoms with Gasteiger partial charge in [-0.15, -0.1) is 0 Å². The highest BCUT2D eigenvalue weighted by molar-refractivity contribution is 5.88. The summed E-state index contributed by atoms with van der Waals surface area (Å²) in [5.41, 5.74) is 1.00. The van der Waals surface area contributed by atoms with E-state index < -0.39 is 5.97 Å². The van der Waals surface area contributed by atoms with Crippen LogP contribution in [-0.2, 0) is 6.42 Å². The molecule has 0 aromatic carbocycles. The van der Waals surface area contributed by atoms with E-state index in [0.29, 0.717) is 5.82 Å². The van der Waals surface area contributed by atoms with Crippen LogP contribution in [0.15, 0.2) is 12.1 Å². The van der Waals surface area contributed by atoms with Crippen LogP contribution in [-0.4, -0.2) is 40.9 Å². The summed E-state index contributed by atoms with van der Waals surface area (Å²) < 4.78 is 0. The maximum Gasteiger partial charge on any atom is 0.335 e. The molecule has 1 heterocycles. The highest BCUT2D eigenvalue weighted by atomic mass is 16.4. The summed E-state index contributed by atoms with van der Waals surface area (Å²) in [6.45, 7) is 3.88. The van der Waals surface area contributed by atoms with E-state index in [2.05, 4.69) is 4.98 Å². The second-order valence-electron chi connectivity index (χ2n) is 4.40. The van der Waals surface area contributed by atoms with Gasteiger partial charge in [0.1, 0.15) is 5.82 Å². The number of aryl methyl sites for hydroxylation is 1. The highest BCUT2D eigenvalue weighted by Gasteiger charge is 2.14. The molecule has 0 saturated carbocycles. The van der Waals surface area contributed by atoms with Crippen LogP contribution in [0.3, 0.4) is 0 Å². The molecule has 0 saturated heterocycles. The number of aliphatic hydroxyl groups is 1. The van der Waals surface area contributed by atoms with E-state index in [1.807, 2.05) is 13.8 Å². The van der Waals surface area contributed by atoms with Gasteiger partial charge in [-0.2, -0.15) is 0 Å². The molecule has 5 heteroatoms. The van der Waals surface area contributed by atoms with E-state index in [-0.39, 0.29) is 18.2 Å². The Morgan fingerprint density at radius 2 is 2.17 bits per heavy atom. The fourth-order valence-corrected chi connectivity index (χ4v) is 1.61. The fraction of sp³-hybridized carbons (Fsp3) is 0.538. The number of likely N-dealkylation sites (N-methyl/N-ethyl adjacent to an activating group) is 1. The number of aromatic nitrogens is 1. The Hall–Kier alpha value is -1.62. The number of nitrogens with zero attached hydrogens (tertiary/aromatic N) is 2. The van der Waals surface area contributed by atoms with Gasteiger partial charge in [-0.1, -0.05) is 13.3 Å². The minimum atomic E-state index is -0.957. The molecular formula is C13H20N2O3. The average Bonchev–Trinajstić information content (AvgIpc) is 2.36. The molecule has 0 bridgehead atoms. The zero-order valence-electron chi connectivity index (χ0n) is 11.1. The lowest BCUT2D eigenvalue weighted by molar-refractivity contribution is 0.0696. The van der Waals surface area contributed by atoms with E-state index in [0.717, 1.165) is 18.5 Å². The summed E-state index contributed by atoms with van der Waals surface area (Å²) in [5.74, 6) is -0.374. The Morgan fingerprint density at radius 1 is 1.50 bits per heavy atom. The Morgan fingerprint density at radius 3 is 2.67 bits per heavy atom. The summed E-state index contributed by atoms with van der Waals surface area (Å²) in [6, 6.07) is 3.04. The van der Waals surface area contributed by atoms with Crippen LogP contribution in [0, 0.1) is 0 Å². The van der Waals surface area contributed by atoms with E-state index in [1.54, 1.807) is 18.0 Å². The van der Waals surface area contributed by atoms with Gasteiger partial charge in [-0.05, 0) is 25.5 Å². The molecule has 100 valence electrons. The second-order valence-corrected chi connectivity index (χ2v) is 4.40. The molecule has 0 amide bonds. The van der Waals surface area contributed by atoms with E-state index in [9.17, 15) is 4.79 Å². The lowest BCUT2D eigenvalue weighted by Gasteiger charge is -2.25. The van der Waals surface area contributed by atoms with Gasteiger partial charge >= 0.3 is 5.97 Å². The Balaban J connectivity index is 3.13. The predicted octanol–water partition coefficient (Wildman–Crippen LogP) is 1.55.